The molecule has 0 rings (SSSR count). The minimum absolute atomic E-state index is 0.466. The molecule has 0 saturated heterocycles. The second-order valence-corrected chi connectivity index (χ2v) is 1.21. The molecule has 0 aromatic heterocycles. The molecule has 0 unspecified atom stereocenters. The summed E-state index contributed by atoms with van der Waals surface area (Å²) < 4.78 is 0. The van der Waals surface area contributed by atoms with Gasteiger partial charge in [-0.25, -0.2) is 0 Å². The van der Waals surface area contributed by atoms with Crippen LogP contribution in [-0.4, -0.2) is 19.4 Å². The first-order chi connectivity index (χ1) is 3.31. The predicted molar refractivity (Wildman–Crippen MR) is 29.2 cm³/mol. The summed E-state index contributed by atoms with van der Waals surface area (Å²) in [6.07, 6.45) is 0. The standard InChI is InChI=1S/C4H10N2O/c1-4(3-5)6-7-2/h3,5H2,1-2H3/b6-4-. The van der Waals surface area contributed by atoms with E-state index in [2.05, 4.69) is 9.99 Å². The van der Waals surface area contributed by atoms with Crippen molar-refractivity contribution in [2.45, 2.75) is 6.92 Å². The maximum atomic E-state index is 5.15. The van der Waals surface area contributed by atoms with Crippen molar-refractivity contribution in [3.63, 3.8) is 0 Å². The molecule has 0 aromatic rings. The van der Waals surface area contributed by atoms with E-state index in [1.165, 1.54) is 7.11 Å². The molecule has 0 aliphatic heterocycles. The Morgan fingerprint density at radius 3 is 2.57 bits per heavy atom. The maximum Gasteiger partial charge on any atom is 0.106 e. The van der Waals surface area contributed by atoms with Gasteiger partial charge in [0.05, 0.1) is 5.71 Å². The van der Waals surface area contributed by atoms with E-state index < -0.39 is 0 Å². The molecule has 0 aliphatic rings. The molecule has 0 bridgehead atoms. The van der Waals surface area contributed by atoms with Crippen LogP contribution in [0.3, 0.4) is 0 Å². The number of rotatable bonds is 2. The summed E-state index contributed by atoms with van der Waals surface area (Å²) in [7, 11) is 1.50. The van der Waals surface area contributed by atoms with Crippen LogP contribution in [0.25, 0.3) is 0 Å². The lowest BCUT2D eigenvalue weighted by Crippen LogP contribution is -2.09. The van der Waals surface area contributed by atoms with Gasteiger partial charge in [-0.1, -0.05) is 5.16 Å². The number of hydrogen-bond donors (Lipinski definition) is 1. The Bertz CT molecular complexity index is 70.1. The first-order valence-corrected chi connectivity index (χ1v) is 2.08. The molecular formula is C4H10N2O. The topological polar surface area (TPSA) is 47.6 Å². The third-order valence-electron chi connectivity index (χ3n) is 0.543. The van der Waals surface area contributed by atoms with Crippen LogP contribution in [0.1, 0.15) is 6.92 Å². The zero-order chi connectivity index (χ0) is 5.70. The smallest absolute Gasteiger partial charge is 0.106 e. The van der Waals surface area contributed by atoms with Crippen molar-refractivity contribution in [1.82, 2.24) is 0 Å². The third kappa shape index (κ3) is 3.26. The molecule has 0 spiro atoms. The first kappa shape index (κ1) is 6.43. The average Bonchev–Trinajstić information content (AvgIpc) is 1.68. The van der Waals surface area contributed by atoms with Crippen molar-refractivity contribution in [2.24, 2.45) is 10.9 Å². The summed E-state index contributed by atoms with van der Waals surface area (Å²) in [6.45, 7) is 2.28. The van der Waals surface area contributed by atoms with Crippen molar-refractivity contribution in [1.29, 1.82) is 0 Å². The van der Waals surface area contributed by atoms with Crippen LogP contribution in [0.4, 0.5) is 0 Å². The number of oxime groups is 1. The highest BCUT2D eigenvalue weighted by molar-refractivity contribution is 5.83. The van der Waals surface area contributed by atoms with E-state index in [9.17, 15) is 0 Å². The second kappa shape index (κ2) is 3.61. The predicted octanol–water partition coefficient (Wildman–Crippen LogP) is -0.0326. The molecule has 3 nitrogen and oxygen atoms in total. The maximum absolute atomic E-state index is 5.15. The average molecular weight is 102 g/mol. The van der Waals surface area contributed by atoms with Crippen molar-refractivity contribution >= 4 is 5.71 Å². The van der Waals surface area contributed by atoms with E-state index in [1.54, 1.807) is 0 Å². The van der Waals surface area contributed by atoms with Gasteiger partial charge in [-0.15, -0.1) is 0 Å². The van der Waals surface area contributed by atoms with E-state index >= 15 is 0 Å². The highest BCUT2D eigenvalue weighted by Crippen LogP contribution is 1.71. The monoisotopic (exact) mass is 102 g/mol. The van der Waals surface area contributed by atoms with Gasteiger partial charge in [-0.3, -0.25) is 0 Å². The number of nitrogens with two attached hydrogens (primary N) is 1. The van der Waals surface area contributed by atoms with Crippen molar-refractivity contribution in [3.8, 4) is 0 Å². The molecule has 0 radical (unpaired) electrons. The van der Waals surface area contributed by atoms with Crippen LogP contribution in [0, 0.1) is 0 Å². The molecule has 42 valence electrons. The highest BCUT2D eigenvalue weighted by Gasteiger charge is 1.80. The summed E-state index contributed by atoms with van der Waals surface area (Å²) in [6, 6.07) is 0. The van der Waals surface area contributed by atoms with Gasteiger partial charge in [-0.05, 0) is 6.92 Å². The first-order valence-electron chi connectivity index (χ1n) is 2.08. The number of hydrogen-bond acceptors (Lipinski definition) is 3. The largest absolute Gasteiger partial charge is 0.399 e. The summed E-state index contributed by atoms with van der Waals surface area (Å²) in [5.41, 5.74) is 5.96. The summed E-state index contributed by atoms with van der Waals surface area (Å²) in [5.74, 6) is 0. The fourth-order valence-corrected chi connectivity index (χ4v) is 0.193. The summed E-state index contributed by atoms with van der Waals surface area (Å²) >= 11 is 0. The van der Waals surface area contributed by atoms with Gasteiger partial charge in [0.1, 0.15) is 7.11 Å². The summed E-state index contributed by atoms with van der Waals surface area (Å²) in [4.78, 5) is 4.40. The molecule has 0 atom stereocenters. The molecule has 2 N–H and O–H groups in total. The van der Waals surface area contributed by atoms with Crippen molar-refractivity contribution in [3.05, 3.63) is 0 Å². The molecule has 0 heterocycles. The Labute approximate surface area is 43.1 Å². The molecule has 0 aliphatic carbocycles. The lowest BCUT2D eigenvalue weighted by molar-refractivity contribution is 0.213. The van der Waals surface area contributed by atoms with E-state index in [0.29, 0.717) is 6.54 Å². The van der Waals surface area contributed by atoms with Crippen LogP contribution >= 0.6 is 0 Å². The van der Waals surface area contributed by atoms with Gasteiger partial charge < -0.3 is 10.6 Å². The van der Waals surface area contributed by atoms with Crippen molar-refractivity contribution in [2.75, 3.05) is 13.7 Å². The Balaban J connectivity index is 3.29. The van der Waals surface area contributed by atoms with Crippen LogP contribution in [0.2, 0.25) is 0 Å². The fraction of sp³-hybridized carbons (Fsp3) is 0.750. The van der Waals surface area contributed by atoms with E-state index in [0.717, 1.165) is 5.71 Å². The van der Waals surface area contributed by atoms with Gasteiger partial charge in [0.25, 0.3) is 0 Å². The molecule has 0 amide bonds. The van der Waals surface area contributed by atoms with Crippen LogP contribution in [0.5, 0.6) is 0 Å². The minimum atomic E-state index is 0.466. The molecular weight excluding hydrogens is 92.1 g/mol. The Kier molecular flexibility index (Phi) is 3.32. The van der Waals surface area contributed by atoms with Gasteiger partial charge >= 0.3 is 0 Å². The van der Waals surface area contributed by atoms with Gasteiger partial charge in [-0.2, -0.15) is 0 Å². The summed E-state index contributed by atoms with van der Waals surface area (Å²) in [5, 5.41) is 3.53. The van der Waals surface area contributed by atoms with Gasteiger partial charge in [0, 0.05) is 6.54 Å². The third-order valence-corrected chi connectivity index (χ3v) is 0.543. The zero-order valence-electron chi connectivity index (χ0n) is 4.64. The van der Waals surface area contributed by atoms with Gasteiger partial charge in [0.15, 0.2) is 0 Å². The van der Waals surface area contributed by atoms with Crippen molar-refractivity contribution < 1.29 is 4.84 Å². The quantitative estimate of drug-likeness (QED) is 0.393. The van der Waals surface area contributed by atoms with Crippen LogP contribution in [-0.2, 0) is 4.84 Å². The minimum Gasteiger partial charge on any atom is -0.399 e. The Hall–Kier alpha value is -0.570. The molecule has 0 fully saturated rings. The molecule has 0 aromatic carbocycles. The number of nitrogens with zero attached hydrogens (tertiary/aromatic N) is 1. The Morgan fingerprint density at radius 2 is 2.43 bits per heavy atom. The molecule has 7 heavy (non-hydrogen) atoms. The highest BCUT2D eigenvalue weighted by atomic mass is 16.6. The second-order valence-electron chi connectivity index (χ2n) is 1.21. The lowest BCUT2D eigenvalue weighted by Gasteiger charge is -1.89. The fourth-order valence-electron chi connectivity index (χ4n) is 0.193. The SMILES string of the molecule is CO/N=C(/C)CN. The van der Waals surface area contributed by atoms with E-state index in [-0.39, 0.29) is 0 Å². The van der Waals surface area contributed by atoms with Crippen LogP contribution in [0.15, 0.2) is 5.16 Å². The van der Waals surface area contributed by atoms with Crippen LogP contribution < -0.4 is 5.73 Å². The van der Waals surface area contributed by atoms with E-state index in [1.807, 2.05) is 6.92 Å². The molecule has 3 heteroatoms. The normalized spacial score (nSPS) is 11.6. The van der Waals surface area contributed by atoms with Gasteiger partial charge in [0.2, 0.25) is 0 Å². The van der Waals surface area contributed by atoms with E-state index in [4.69, 9.17) is 5.73 Å². The zero-order valence-corrected chi connectivity index (χ0v) is 4.64. The lowest BCUT2D eigenvalue weighted by atomic mass is 10.4. The Morgan fingerprint density at radius 1 is 1.86 bits per heavy atom. The molecule has 0 saturated carbocycles.